The van der Waals surface area contributed by atoms with Crippen LogP contribution in [0.4, 0.5) is 5.69 Å². The van der Waals surface area contributed by atoms with Crippen LogP contribution in [-0.4, -0.2) is 29.4 Å². The van der Waals surface area contributed by atoms with Crippen molar-refractivity contribution in [3.8, 4) is 0 Å². The van der Waals surface area contributed by atoms with Gasteiger partial charge < -0.3 is 15.7 Å². The molecule has 7 heteroatoms. The zero-order valence-corrected chi connectivity index (χ0v) is 13.5. The number of rotatable bonds is 5. The Labute approximate surface area is 133 Å². The van der Waals surface area contributed by atoms with Crippen LogP contribution in [0.25, 0.3) is 0 Å². The summed E-state index contributed by atoms with van der Waals surface area (Å²) in [5.41, 5.74) is 0.383. The number of aliphatic carboxylic acids is 1. The number of anilines is 1. The van der Waals surface area contributed by atoms with E-state index in [2.05, 4.69) is 10.6 Å². The van der Waals surface area contributed by atoms with Gasteiger partial charge in [0.25, 0.3) is 5.91 Å². The van der Waals surface area contributed by atoms with Crippen molar-refractivity contribution in [1.82, 2.24) is 5.32 Å². The molecule has 0 heterocycles. The Bertz CT molecular complexity index is 594. The first-order valence-electron chi connectivity index (χ1n) is 6.68. The lowest BCUT2D eigenvalue weighted by Crippen LogP contribution is -2.29. The summed E-state index contributed by atoms with van der Waals surface area (Å²) in [6.45, 7) is 5.33. The molecule has 0 spiro atoms. The molecule has 0 unspecified atom stereocenters. The molecule has 0 bridgehead atoms. The number of hydrogen-bond acceptors (Lipinski definition) is 3. The highest BCUT2D eigenvalue weighted by atomic mass is 35.5. The van der Waals surface area contributed by atoms with Crippen molar-refractivity contribution in [3.05, 3.63) is 28.8 Å². The van der Waals surface area contributed by atoms with Crippen molar-refractivity contribution in [2.24, 2.45) is 5.41 Å². The molecule has 0 aliphatic rings. The molecule has 1 aromatic carbocycles. The van der Waals surface area contributed by atoms with Gasteiger partial charge in [0.15, 0.2) is 0 Å². The Hall–Kier alpha value is -2.08. The molecule has 0 radical (unpaired) electrons. The molecule has 6 nitrogen and oxygen atoms in total. The van der Waals surface area contributed by atoms with Crippen molar-refractivity contribution >= 4 is 35.1 Å². The SMILES string of the molecule is CC(C)(C)CC(=O)Nc1ccc(Cl)c(C(=O)NCC(=O)O)c1. The number of carboxylic acids is 1. The third-order valence-electron chi connectivity index (χ3n) is 2.59. The number of carbonyl (C=O) groups excluding carboxylic acids is 2. The Morgan fingerprint density at radius 3 is 2.41 bits per heavy atom. The van der Waals surface area contributed by atoms with Crippen molar-refractivity contribution in [2.75, 3.05) is 11.9 Å². The Morgan fingerprint density at radius 2 is 1.86 bits per heavy atom. The monoisotopic (exact) mass is 326 g/mol. The van der Waals surface area contributed by atoms with E-state index in [1.807, 2.05) is 20.8 Å². The second kappa shape index (κ2) is 7.26. The number of carbonyl (C=O) groups is 3. The molecule has 0 saturated carbocycles. The molecule has 2 amide bonds. The normalized spacial score (nSPS) is 10.9. The van der Waals surface area contributed by atoms with E-state index in [0.29, 0.717) is 12.1 Å². The first kappa shape index (κ1) is 18.0. The summed E-state index contributed by atoms with van der Waals surface area (Å²) in [5, 5.41) is 13.6. The molecular formula is C15H19ClN2O4. The van der Waals surface area contributed by atoms with E-state index in [4.69, 9.17) is 16.7 Å². The Balaban J connectivity index is 2.83. The van der Waals surface area contributed by atoms with Gasteiger partial charge in [-0.25, -0.2) is 0 Å². The second-order valence-corrected chi connectivity index (χ2v) is 6.46. The van der Waals surface area contributed by atoms with E-state index in [1.165, 1.54) is 12.1 Å². The smallest absolute Gasteiger partial charge is 0.322 e. The van der Waals surface area contributed by atoms with Crippen LogP contribution >= 0.6 is 11.6 Å². The average Bonchev–Trinajstić information content (AvgIpc) is 2.36. The maximum Gasteiger partial charge on any atom is 0.322 e. The molecule has 1 aromatic rings. The lowest BCUT2D eigenvalue weighted by Gasteiger charge is -2.17. The van der Waals surface area contributed by atoms with Gasteiger partial charge in [0.05, 0.1) is 10.6 Å². The van der Waals surface area contributed by atoms with Gasteiger partial charge in [-0.2, -0.15) is 0 Å². The largest absolute Gasteiger partial charge is 0.480 e. The number of amides is 2. The van der Waals surface area contributed by atoms with Crippen molar-refractivity contribution in [2.45, 2.75) is 27.2 Å². The molecule has 22 heavy (non-hydrogen) atoms. The van der Waals surface area contributed by atoms with Crippen LogP contribution in [0.1, 0.15) is 37.6 Å². The van der Waals surface area contributed by atoms with Crippen LogP contribution in [0, 0.1) is 5.41 Å². The quantitative estimate of drug-likeness (QED) is 0.774. The van der Waals surface area contributed by atoms with Crippen LogP contribution in [0.2, 0.25) is 5.02 Å². The van der Waals surface area contributed by atoms with Gasteiger partial charge in [0, 0.05) is 12.1 Å². The fraction of sp³-hybridized carbons (Fsp3) is 0.400. The highest BCUT2D eigenvalue weighted by molar-refractivity contribution is 6.34. The van der Waals surface area contributed by atoms with E-state index in [9.17, 15) is 14.4 Å². The summed E-state index contributed by atoms with van der Waals surface area (Å²) >= 11 is 5.93. The van der Waals surface area contributed by atoms with Gasteiger partial charge in [0.1, 0.15) is 6.54 Å². The molecule has 0 fully saturated rings. The maximum absolute atomic E-state index is 11.9. The fourth-order valence-corrected chi connectivity index (χ4v) is 1.92. The molecule has 1 rings (SSSR count). The van der Waals surface area contributed by atoms with E-state index >= 15 is 0 Å². The predicted molar refractivity (Wildman–Crippen MR) is 84.1 cm³/mol. The molecule has 0 aromatic heterocycles. The number of hydrogen-bond donors (Lipinski definition) is 3. The van der Waals surface area contributed by atoms with E-state index in [1.54, 1.807) is 6.07 Å². The number of carboxylic acid groups (broad SMARTS) is 1. The standard InChI is InChI=1S/C15H19ClN2O4/c1-15(2,3)7-12(19)18-9-4-5-11(16)10(6-9)14(22)17-8-13(20)21/h4-6H,7-8H2,1-3H3,(H,17,22)(H,18,19)(H,20,21). The minimum atomic E-state index is -1.15. The average molecular weight is 327 g/mol. The molecule has 0 atom stereocenters. The molecule has 0 aliphatic carbocycles. The van der Waals surface area contributed by atoms with Crippen molar-refractivity contribution < 1.29 is 19.5 Å². The first-order chi connectivity index (χ1) is 10.1. The first-order valence-corrected chi connectivity index (χ1v) is 7.06. The van der Waals surface area contributed by atoms with Crippen LogP contribution in [-0.2, 0) is 9.59 Å². The van der Waals surface area contributed by atoms with Gasteiger partial charge in [-0.05, 0) is 23.6 Å². The highest BCUT2D eigenvalue weighted by Gasteiger charge is 2.17. The van der Waals surface area contributed by atoms with E-state index in [0.717, 1.165) is 0 Å². The van der Waals surface area contributed by atoms with Crippen LogP contribution in [0.5, 0.6) is 0 Å². The van der Waals surface area contributed by atoms with Crippen LogP contribution in [0.15, 0.2) is 18.2 Å². The third kappa shape index (κ3) is 6.13. The highest BCUT2D eigenvalue weighted by Crippen LogP contribution is 2.23. The number of nitrogens with one attached hydrogen (secondary N) is 2. The van der Waals surface area contributed by atoms with Crippen LogP contribution < -0.4 is 10.6 Å². The summed E-state index contributed by atoms with van der Waals surface area (Å²) in [6, 6.07) is 4.47. The Morgan fingerprint density at radius 1 is 1.23 bits per heavy atom. The second-order valence-electron chi connectivity index (χ2n) is 6.06. The van der Waals surface area contributed by atoms with Crippen molar-refractivity contribution in [1.29, 1.82) is 0 Å². The molecule has 0 aliphatic heterocycles. The molecule has 120 valence electrons. The van der Waals surface area contributed by atoms with E-state index < -0.39 is 18.4 Å². The zero-order chi connectivity index (χ0) is 16.9. The van der Waals surface area contributed by atoms with Gasteiger partial charge in [0.2, 0.25) is 5.91 Å². The van der Waals surface area contributed by atoms with Crippen LogP contribution in [0.3, 0.4) is 0 Å². The maximum atomic E-state index is 11.9. The summed E-state index contributed by atoms with van der Waals surface area (Å²) in [6.07, 6.45) is 0.330. The lowest BCUT2D eigenvalue weighted by molar-refractivity contribution is -0.135. The summed E-state index contributed by atoms with van der Waals surface area (Å²) < 4.78 is 0. The Kier molecular flexibility index (Phi) is 5.93. The minimum absolute atomic E-state index is 0.108. The van der Waals surface area contributed by atoms with Gasteiger partial charge in [-0.3, -0.25) is 14.4 Å². The number of benzene rings is 1. The summed E-state index contributed by atoms with van der Waals surface area (Å²) in [4.78, 5) is 34.2. The summed E-state index contributed by atoms with van der Waals surface area (Å²) in [5.74, 6) is -1.94. The van der Waals surface area contributed by atoms with Gasteiger partial charge in [-0.15, -0.1) is 0 Å². The topological polar surface area (TPSA) is 95.5 Å². The van der Waals surface area contributed by atoms with Gasteiger partial charge in [-0.1, -0.05) is 32.4 Å². The molecule has 0 saturated heterocycles. The predicted octanol–water partition coefficient (Wildman–Crippen LogP) is 2.53. The summed E-state index contributed by atoms with van der Waals surface area (Å²) in [7, 11) is 0. The minimum Gasteiger partial charge on any atom is -0.480 e. The fourth-order valence-electron chi connectivity index (χ4n) is 1.72. The number of halogens is 1. The van der Waals surface area contributed by atoms with Gasteiger partial charge >= 0.3 is 5.97 Å². The third-order valence-corrected chi connectivity index (χ3v) is 2.92. The van der Waals surface area contributed by atoms with Crippen molar-refractivity contribution in [3.63, 3.8) is 0 Å². The molecule has 3 N–H and O–H groups in total. The van der Waals surface area contributed by atoms with E-state index in [-0.39, 0.29) is 21.9 Å². The zero-order valence-electron chi connectivity index (χ0n) is 12.7. The molecular weight excluding hydrogens is 308 g/mol. The lowest BCUT2D eigenvalue weighted by atomic mass is 9.92.